The van der Waals surface area contributed by atoms with Crippen molar-refractivity contribution in [2.24, 2.45) is 0 Å². The van der Waals surface area contributed by atoms with E-state index in [0.717, 1.165) is 6.07 Å². The van der Waals surface area contributed by atoms with Gasteiger partial charge in [0, 0.05) is 15.6 Å². The van der Waals surface area contributed by atoms with E-state index in [4.69, 9.17) is 5.11 Å². The van der Waals surface area contributed by atoms with Crippen molar-refractivity contribution in [1.29, 1.82) is 0 Å². The van der Waals surface area contributed by atoms with Crippen molar-refractivity contribution in [2.75, 3.05) is 0 Å². The SMILES string of the molecule is O=Cc1cc(CO)c(F)cc1Br. The maximum Gasteiger partial charge on any atom is 0.151 e. The van der Waals surface area contributed by atoms with Gasteiger partial charge < -0.3 is 5.11 Å². The highest BCUT2D eigenvalue weighted by molar-refractivity contribution is 9.10. The third-order valence-corrected chi connectivity index (χ3v) is 2.15. The highest BCUT2D eigenvalue weighted by Crippen LogP contribution is 2.19. The third-order valence-electron chi connectivity index (χ3n) is 1.46. The van der Waals surface area contributed by atoms with E-state index in [1.54, 1.807) is 0 Å². The van der Waals surface area contributed by atoms with Gasteiger partial charge in [0.2, 0.25) is 0 Å². The molecule has 4 heteroatoms. The molecule has 0 spiro atoms. The number of benzene rings is 1. The summed E-state index contributed by atoms with van der Waals surface area (Å²) in [6.45, 7) is -0.403. The van der Waals surface area contributed by atoms with E-state index in [1.807, 2.05) is 0 Å². The molecule has 64 valence electrons. The van der Waals surface area contributed by atoms with Gasteiger partial charge in [-0.2, -0.15) is 0 Å². The van der Waals surface area contributed by atoms with Gasteiger partial charge in [-0.05, 0) is 28.1 Å². The second kappa shape index (κ2) is 3.78. The first kappa shape index (κ1) is 9.35. The zero-order valence-electron chi connectivity index (χ0n) is 6.05. The fourth-order valence-corrected chi connectivity index (χ4v) is 1.23. The molecule has 1 N–H and O–H groups in total. The van der Waals surface area contributed by atoms with E-state index in [1.165, 1.54) is 6.07 Å². The van der Waals surface area contributed by atoms with Crippen LogP contribution in [0.25, 0.3) is 0 Å². The molecule has 12 heavy (non-hydrogen) atoms. The normalized spacial score (nSPS) is 9.92. The molecule has 1 rings (SSSR count). The quantitative estimate of drug-likeness (QED) is 0.792. The summed E-state index contributed by atoms with van der Waals surface area (Å²) in [4.78, 5) is 10.4. The number of hydrogen-bond acceptors (Lipinski definition) is 2. The Morgan fingerprint density at radius 2 is 2.25 bits per heavy atom. The van der Waals surface area contributed by atoms with Crippen LogP contribution in [0, 0.1) is 5.82 Å². The van der Waals surface area contributed by atoms with Crippen LogP contribution in [-0.2, 0) is 6.61 Å². The van der Waals surface area contributed by atoms with E-state index >= 15 is 0 Å². The number of aldehydes is 1. The number of aliphatic hydroxyl groups is 1. The lowest BCUT2D eigenvalue weighted by molar-refractivity contribution is 0.112. The summed E-state index contributed by atoms with van der Waals surface area (Å²) in [6, 6.07) is 2.47. The molecule has 0 bridgehead atoms. The van der Waals surface area contributed by atoms with Gasteiger partial charge in [0.15, 0.2) is 6.29 Å². The van der Waals surface area contributed by atoms with Crippen molar-refractivity contribution in [3.05, 3.63) is 33.5 Å². The van der Waals surface area contributed by atoms with Crippen molar-refractivity contribution in [1.82, 2.24) is 0 Å². The lowest BCUT2D eigenvalue weighted by atomic mass is 10.1. The molecular formula is C8H6BrFO2. The molecule has 1 aromatic rings. The Hall–Kier alpha value is -0.740. The zero-order chi connectivity index (χ0) is 9.14. The predicted molar refractivity (Wildman–Crippen MR) is 45.4 cm³/mol. The maximum absolute atomic E-state index is 12.9. The molecular weight excluding hydrogens is 227 g/mol. The summed E-state index contributed by atoms with van der Waals surface area (Å²) in [5.74, 6) is -0.519. The first-order chi connectivity index (χ1) is 5.69. The Morgan fingerprint density at radius 3 is 2.75 bits per heavy atom. The largest absolute Gasteiger partial charge is 0.392 e. The number of carbonyl (C=O) groups excluding carboxylic acids is 1. The molecule has 0 saturated carbocycles. The standard InChI is InChI=1S/C8H6BrFO2/c9-7-2-8(10)6(4-12)1-5(7)3-11/h1-3,12H,4H2. The average Bonchev–Trinajstić information content (AvgIpc) is 2.05. The van der Waals surface area contributed by atoms with Gasteiger partial charge in [0.05, 0.1) is 6.61 Å². The molecule has 0 saturated heterocycles. The van der Waals surface area contributed by atoms with E-state index in [2.05, 4.69) is 15.9 Å². The van der Waals surface area contributed by atoms with Crippen molar-refractivity contribution in [3.63, 3.8) is 0 Å². The lowest BCUT2D eigenvalue weighted by Crippen LogP contribution is -1.93. The van der Waals surface area contributed by atoms with Crippen LogP contribution in [0.4, 0.5) is 4.39 Å². The molecule has 1 aromatic carbocycles. The highest BCUT2D eigenvalue weighted by atomic mass is 79.9. The van der Waals surface area contributed by atoms with Crippen LogP contribution in [0.1, 0.15) is 15.9 Å². The van der Waals surface area contributed by atoms with Crippen LogP contribution in [0.3, 0.4) is 0 Å². The number of rotatable bonds is 2. The van der Waals surface area contributed by atoms with Gasteiger partial charge in [-0.25, -0.2) is 4.39 Å². The van der Waals surface area contributed by atoms with Gasteiger partial charge >= 0.3 is 0 Å². The smallest absolute Gasteiger partial charge is 0.151 e. The molecule has 0 heterocycles. The number of hydrogen-bond donors (Lipinski definition) is 1. The minimum atomic E-state index is -0.519. The van der Waals surface area contributed by atoms with Gasteiger partial charge in [0.1, 0.15) is 5.82 Å². The Morgan fingerprint density at radius 1 is 1.58 bits per heavy atom. The van der Waals surface area contributed by atoms with E-state index in [-0.39, 0.29) is 5.56 Å². The fraction of sp³-hybridized carbons (Fsp3) is 0.125. The van der Waals surface area contributed by atoms with Crippen LogP contribution >= 0.6 is 15.9 Å². The highest BCUT2D eigenvalue weighted by Gasteiger charge is 2.06. The molecule has 0 unspecified atom stereocenters. The second-order valence-corrected chi connectivity index (χ2v) is 3.10. The number of carbonyl (C=O) groups is 1. The molecule has 0 aliphatic heterocycles. The maximum atomic E-state index is 12.9. The van der Waals surface area contributed by atoms with Crippen molar-refractivity contribution in [3.8, 4) is 0 Å². The van der Waals surface area contributed by atoms with Gasteiger partial charge in [0.25, 0.3) is 0 Å². The van der Waals surface area contributed by atoms with Crippen molar-refractivity contribution >= 4 is 22.2 Å². The summed E-state index contributed by atoms with van der Waals surface area (Å²) >= 11 is 3.02. The lowest BCUT2D eigenvalue weighted by Gasteiger charge is -2.01. The van der Waals surface area contributed by atoms with Crippen LogP contribution < -0.4 is 0 Å². The third kappa shape index (κ3) is 1.70. The molecule has 0 amide bonds. The molecule has 0 aliphatic carbocycles. The molecule has 2 nitrogen and oxygen atoms in total. The minimum Gasteiger partial charge on any atom is -0.392 e. The Bertz CT molecular complexity index is 312. The Kier molecular flexibility index (Phi) is 2.94. The molecule has 0 aromatic heterocycles. The van der Waals surface area contributed by atoms with E-state index < -0.39 is 12.4 Å². The first-order valence-electron chi connectivity index (χ1n) is 3.23. The van der Waals surface area contributed by atoms with Gasteiger partial charge in [-0.15, -0.1) is 0 Å². The van der Waals surface area contributed by atoms with Crippen molar-refractivity contribution < 1.29 is 14.3 Å². The van der Waals surface area contributed by atoms with Crippen LogP contribution in [0.15, 0.2) is 16.6 Å². The summed E-state index contributed by atoms with van der Waals surface area (Å²) in [5.41, 5.74) is 0.459. The van der Waals surface area contributed by atoms with E-state index in [9.17, 15) is 9.18 Å². The summed E-state index contributed by atoms with van der Waals surface area (Å²) in [5, 5.41) is 8.66. The second-order valence-electron chi connectivity index (χ2n) is 2.24. The Labute approximate surface area is 77.2 Å². The average molecular weight is 233 g/mol. The van der Waals surface area contributed by atoms with Crippen molar-refractivity contribution in [2.45, 2.75) is 6.61 Å². The minimum absolute atomic E-state index is 0.125. The zero-order valence-corrected chi connectivity index (χ0v) is 7.64. The first-order valence-corrected chi connectivity index (χ1v) is 4.02. The number of aliphatic hydroxyl groups excluding tert-OH is 1. The van der Waals surface area contributed by atoms with Gasteiger partial charge in [-0.1, -0.05) is 0 Å². The summed E-state index contributed by atoms with van der Waals surface area (Å²) < 4.78 is 13.3. The summed E-state index contributed by atoms with van der Waals surface area (Å²) in [7, 11) is 0. The van der Waals surface area contributed by atoms with E-state index in [0.29, 0.717) is 16.3 Å². The predicted octanol–water partition coefficient (Wildman–Crippen LogP) is 1.89. The molecule has 0 aliphatic rings. The monoisotopic (exact) mass is 232 g/mol. The number of halogens is 2. The Balaban J connectivity index is 3.26. The molecule has 0 radical (unpaired) electrons. The van der Waals surface area contributed by atoms with Crippen LogP contribution in [0.2, 0.25) is 0 Å². The molecule has 0 atom stereocenters. The fourth-order valence-electron chi connectivity index (χ4n) is 0.824. The van der Waals surface area contributed by atoms with Crippen LogP contribution in [0.5, 0.6) is 0 Å². The summed E-state index contributed by atoms with van der Waals surface area (Å²) in [6.07, 6.45) is 0.600. The molecule has 0 fully saturated rings. The topological polar surface area (TPSA) is 37.3 Å². The van der Waals surface area contributed by atoms with Gasteiger partial charge in [-0.3, -0.25) is 4.79 Å². The van der Waals surface area contributed by atoms with Crippen LogP contribution in [-0.4, -0.2) is 11.4 Å².